The molecule has 0 bridgehead atoms. The Bertz CT molecular complexity index is 1030. The number of halogens is 1. The molecule has 0 aliphatic heterocycles. The van der Waals surface area contributed by atoms with E-state index in [0.29, 0.717) is 34.7 Å². The first-order valence-electron chi connectivity index (χ1n) is 9.37. The summed E-state index contributed by atoms with van der Waals surface area (Å²) < 4.78 is 10.6. The lowest BCUT2D eigenvalue weighted by Gasteiger charge is -2.09. The van der Waals surface area contributed by atoms with Gasteiger partial charge in [0.05, 0.1) is 17.3 Å². The first-order valence-corrected chi connectivity index (χ1v) is 9.75. The SMILES string of the molecule is CCOc1ccc(-c2noc(CCC(=O)Nc3ccc(NC(C)=O)cc3Cl)n2)cc1. The molecule has 9 heteroatoms. The molecule has 0 fully saturated rings. The van der Waals surface area contributed by atoms with Crippen molar-refractivity contribution in [2.45, 2.75) is 26.7 Å². The molecule has 2 amide bonds. The van der Waals surface area contributed by atoms with E-state index in [4.69, 9.17) is 20.9 Å². The quantitative estimate of drug-likeness (QED) is 0.553. The summed E-state index contributed by atoms with van der Waals surface area (Å²) in [6.45, 7) is 3.92. The van der Waals surface area contributed by atoms with Gasteiger partial charge in [0.1, 0.15) is 5.75 Å². The van der Waals surface area contributed by atoms with E-state index >= 15 is 0 Å². The molecular formula is C21H21ClN4O4. The maximum atomic E-state index is 12.2. The summed E-state index contributed by atoms with van der Waals surface area (Å²) in [5.74, 6) is 1.13. The maximum Gasteiger partial charge on any atom is 0.227 e. The minimum Gasteiger partial charge on any atom is -0.494 e. The van der Waals surface area contributed by atoms with Crippen molar-refractivity contribution in [2.24, 2.45) is 0 Å². The fourth-order valence-electron chi connectivity index (χ4n) is 2.67. The lowest BCUT2D eigenvalue weighted by atomic mass is 10.2. The largest absolute Gasteiger partial charge is 0.494 e. The number of hydrogen-bond donors (Lipinski definition) is 2. The molecule has 0 spiro atoms. The van der Waals surface area contributed by atoms with Crippen molar-refractivity contribution in [2.75, 3.05) is 17.2 Å². The summed E-state index contributed by atoms with van der Waals surface area (Å²) in [5, 5.41) is 9.64. The van der Waals surface area contributed by atoms with E-state index in [1.54, 1.807) is 18.2 Å². The molecule has 0 aliphatic carbocycles. The van der Waals surface area contributed by atoms with Gasteiger partial charge in [-0.25, -0.2) is 0 Å². The van der Waals surface area contributed by atoms with Gasteiger partial charge in [0.25, 0.3) is 0 Å². The Morgan fingerprint density at radius 3 is 2.57 bits per heavy atom. The second kappa shape index (κ2) is 9.89. The van der Waals surface area contributed by atoms with Crippen LogP contribution in [0.15, 0.2) is 47.0 Å². The average molecular weight is 429 g/mol. The van der Waals surface area contributed by atoms with Crippen LogP contribution in [0.4, 0.5) is 11.4 Å². The van der Waals surface area contributed by atoms with Crippen LogP contribution in [0.1, 0.15) is 26.2 Å². The Morgan fingerprint density at radius 2 is 1.90 bits per heavy atom. The number of carbonyl (C=O) groups is 2. The Hall–Kier alpha value is -3.39. The molecule has 3 aromatic rings. The fraction of sp³-hybridized carbons (Fsp3) is 0.238. The standard InChI is InChI=1S/C21H21ClN4O4/c1-3-29-16-7-4-14(5-8-16)21-25-20(30-26-21)11-10-19(28)24-18-9-6-15(12-17(18)22)23-13(2)27/h4-9,12H,3,10-11H2,1-2H3,(H,23,27)(H,24,28). The third-order valence-corrected chi connectivity index (χ3v) is 4.33. The molecule has 2 aromatic carbocycles. The Labute approximate surface area is 178 Å². The van der Waals surface area contributed by atoms with Crippen LogP contribution in [0, 0.1) is 0 Å². The van der Waals surface area contributed by atoms with Crippen LogP contribution in [0.3, 0.4) is 0 Å². The maximum absolute atomic E-state index is 12.2. The van der Waals surface area contributed by atoms with Crippen molar-refractivity contribution in [1.82, 2.24) is 10.1 Å². The molecule has 3 rings (SSSR count). The van der Waals surface area contributed by atoms with Gasteiger partial charge in [0.15, 0.2) is 0 Å². The highest BCUT2D eigenvalue weighted by atomic mass is 35.5. The number of benzene rings is 2. The van der Waals surface area contributed by atoms with Gasteiger partial charge in [-0.15, -0.1) is 0 Å². The normalized spacial score (nSPS) is 10.5. The molecule has 2 N–H and O–H groups in total. The topological polar surface area (TPSA) is 106 Å². The highest BCUT2D eigenvalue weighted by molar-refractivity contribution is 6.34. The predicted octanol–water partition coefficient (Wildman–Crippen LogP) is 4.32. The molecule has 0 unspecified atom stereocenters. The molecule has 0 atom stereocenters. The first-order chi connectivity index (χ1) is 14.4. The van der Waals surface area contributed by atoms with Crippen LogP contribution in [0.2, 0.25) is 5.02 Å². The van der Waals surface area contributed by atoms with Crippen LogP contribution in [-0.2, 0) is 16.0 Å². The first kappa shape index (κ1) is 21.3. The summed E-state index contributed by atoms with van der Waals surface area (Å²) in [7, 11) is 0. The van der Waals surface area contributed by atoms with E-state index < -0.39 is 0 Å². The van der Waals surface area contributed by atoms with E-state index in [-0.39, 0.29) is 24.7 Å². The van der Waals surface area contributed by atoms with E-state index in [0.717, 1.165) is 11.3 Å². The smallest absolute Gasteiger partial charge is 0.227 e. The zero-order valence-electron chi connectivity index (χ0n) is 16.6. The summed E-state index contributed by atoms with van der Waals surface area (Å²) >= 11 is 6.16. The summed E-state index contributed by atoms with van der Waals surface area (Å²) in [6.07, 6.45) is 0.437. The molecule has 156 valence electrons. The number of nitrogens with one attached hydrogen (secondary N) is 2. The van der Waals surface area contributed by atoms with Crippen molar-refractivity contribution >= 4 is 34.8 Å². The number of rotatable bonds is 8. The molecule has 1 aromatic heterocycles. The number of aromatic nitrogens is 2. The Kier molecular flexibility index (Phi) is 7.03. The van der Waals surface area contributed by atoms with Gasteiger partial charge in [-0.05, 0) is 49.4 Å². The van der Waals surface area contributed by atoms with Gasteiger partial charge in [-0.1, -0.05) is 16.8 Å². The zero-order valence-corrected chi connectivity index (χ0v) is 17.3. The minimum atomic E-state index is -0.245. The predicted molar refractivity (Wildman–Crippen MR) is 114 cm³/mol. The summed E-state index contributed by atoms with van der Waals surface area (Å²) in [4.78, 5) is 27.7. The highest BCUT2D eigenvalue weighted by Gasteiger charge is 2.12. The van der Waals surface area contributed by atoms with Crippen molar-refractivity contribution in [3.05, 3.63) is 53.4 Å². The van der Waals surface area contributed by atoms with Gasteiger partial charge < -0.3 is 19.9 Å². The van der Waals surface area contributed by atoms with Gasteiger partial charge >= 0.3 is 0 Å². The summed E-state index contributed by atoms with van der Waals surface area (Å²) in [5.41, 5.74) is 1.80. The minimum absolute atomic E-state index is 0.148. The monoisotopic (exact) mass is 428 g/mol. The van der Waals surface area contributed by atoms with Crippen molar-refractivity contribution in [3.8, 4) is 17.1 Å². The Balaban J connectivity index is 1.54. The second-order valence-electron chi connectivity index (χ2n) is 6.39. The second-order valence-corrected chi connectivity index (χ2v) is 6.80. The van der Waals surface area contributed by atoms with Gasteiger partial charge in [0.2, 0.25) is 23.5 Å². The number of amides is 2. The number of hydrogen-bond acceptors (Lipinski definition) is 6. The average Bonchev–Trinajstić information content (AvgIpc) is 3.18. The van der Waals surface area contributed by atoms with Crippen LogP contribution in [0.5, 0.6) is 5.75 Å². The van der Waals surface area contributed by atoms with Crippen molar-refractivity contribution in [3.63, 3.8) is 0 Å². The van der Waals surface area contributed by atoms with Crippen LogP contribution >= 0.6 is 11.6 Å². The molecule has 0 saturated heterocycles. The van der Waals surface area contributed by atoms with E-state index in [2.05, 4.69) is 20.8 Å². The summed E-state index contributed by atoms with van der Waals surface area (Å²) in [6, 6.07) is 12.2. The number of aryl methyl sites for hydroxylation is 1. The zero-order chi connectivity index (χ0) is 21.5. The van der Waals surface area contributed by atoms with Crippen LogP contribution in [0.25, 0.3) is 11.4 Å². The van der Waals surface area contributed by atoms with E-state index in [1.165, 1.54) is 6.92 Å². The number of nitrogens with zero attached hydrogens (tertiary/aromatic N) is 2. The van der Waals surface area contributed by atoms with Crippen LogP contribution in [-0.4, -0.2) is 28.6 Å². The number of ether oxygens (including phenoxy) is 1. The molecule has 30 heavy (non-hydrogen) atoms. The van der Waals surface area contributed by atoms with E-state index in [1.807, 2.05) is 31.2 Å². The molecule has 0 radical (unpaired) electrons. The third kappa shape index (κ3) is 5.81. The fourth-order valence-corrected chi connectivity index (χ4v) is 2.90. The molecule has 1 heterocycles. The Morgan fingerprint density at radius 1 is 1.13 bits per heavy atom. The number of anilines is 2. The molecular weight excluding hydrogens is 408 g/mol. The lowest BCUT2D eigenvalue weighted by Crippen LogP contribution is -2.13. The lowest BCUT2D eigenvalue weighted by molar-refractivity contribution is -0.116. The molecule has 0 saturated carbocycles. The van der Waals surface area contributed by atoms with Gasteiger partial charge in [-0.3, -0.25) is 9.59 Å². The van der Waals surface area contributed by atoms with Crippen molar-refractivity contribution < 1.29 is 18.8 Å². The highest BCUT2D eigenvalue weighted by Crippen LogP contribution is 2.26. The van der Waals surface area contributed by atoms with E-state index in [9.17, 15) is 9.59 Å². The van der Waals surface area contributed by atoms with Crippen LogP contribution < -0.4 is 15.4 Å². The molecule has 8 nitrogen and oxygen atoms in total. The molecule has 0 aliphatic rings. The number of carbonyl (C=O) groups excluding carboxylic acids is 2. The van der Waals surface area contributed by atoms with Gasteiger partial charge in [0, 0.05) is 31.0 Å². The van der Waals surface area contributed by atoms with Crippen molar-refractivity contribution in [1.29, 1.82) is 0 Å². The third-order valence-electron chi connectivity index (χ3n) is 4.02. The van der Waals surface area contributed by atoms with Gasteiger partial charge in [-0.2, -0.15) is 4.98 Å².